The lowest BCUT2D eigenvalue weighted by Gasteiger charge is -2.22. The second kappa shape index (κ2) is 9.02. The minimum atomic E-state index is -0.306. The van der Waals surface area contributed by atoms with Crippen LogP contribution in [0.4, 0.5) is 22.0 Å². The van der Waals surface area contributed by atoms with Gasteiger partial charge in [-0.3, -0.25) is 4.79 Å². The summed E-state index contributed by atoms with van der Waals surface area (Å²) < 4.78 is 0. The van der Waals surface area contributed by atoms with E-state index in [2.05, 4.69) is 20.5 Å². The van der Waals surface area contributed by atoms with Gasteiger partial charge in [0, 0.05) is 38.3 Å². The summed E-state index contributed by atoms with van der Waals surface area (Å²) in [6, 6.07) is 12.7. The molecule has 0 unspecified atom stereocenters. The van der Waals surface area contributed by atoms with Gasteiger partial charge in [0.25, 0.3) is 0 Å². The molecular formula is C20H25N5O2. The van der Waals surface area contributed by atoms with Crippen molar-refractivity contribution >= 4 is 29.1 Å². The zero-order chi connectivity index (χ0) is 19.1. The third-order valence-corrected chi connectivity index (χ3v) is 4.51. The summed E-state index contributed by atoms with van der Waals surface area (Å²) in [7, 11) is 0. The fourth-order valence-corrected chi connectivity index (χ4v) is 3.08. The lowest BCUT2D eigenvalue weighted by Crippen LogP contribution is -2.34. The first-order chi connectivity index (χ1) is 13.2. The zero-order valence-corrected chi connectivity index (χ0v) is 15.5. The van der Waals surface area contributed by atoms with E-state index in [1.165, 1.54) is 0 Å². The molecule has 2 aromatic rings. The van der Waals surface area contributed by atoms with E-state index in [-0.39, 0.29) is 11.9 Å². The van der Waals surface area contributed by atoms with Crippen molar-refractivity contribution in [3.8, 4) is 0 Å². The number of carbonyl (C=O) groups excluding carboxylic acids is 2. The summed E-state index contributed by atoms with van der Waals surface area (Å²) in [6.07, 6.45) is 3.12. The van der Waals surface area contributed by atoms with Crippen molar-refractivity contribution in [2.24, 2.45) is 0 Å². The van der Waals surface area contributed by atoms with E-state index in [1.807, 2.05) is 54.3 Å². The van der Waals surface area contributed by atoms with Gasteiger partial charge < -0.3 is 20.4 Å². The number of amides is 3. The molecule has 0 saturated carbocycles. The van der Waals surface area contributed by atoms with Gasteiger partial charge in [-0.15, -0.1) is 0 Å². The van der Waals surface area contributed by atoms with Crippen LogP contribution in [0.5, 0.6) is 0 Å². The van der Waals surface area contributed by atoms with Crippen molar-refractivity contribution < 1.29 is 9.59 Å². The van der Waals surface area contributed by atoms with E-state index >= 15 is 0 Å². The van der Waals surface area contributed by atoms with Crippen molar-refractivity contribution in [3.05, 3.63) is 48.7 Å². The molecule has 1 saturated heterocycles. The summed E-state index contributed by atoms with van der Waals surface area (Å²) in [5.74, 6) is 1.06. The van der Waals surface area contributed by atoms with Gasteiger partial charge in [0.15, 0.2) is 0 Å². The summed E-state index contributed by atoms with van der Waals surface area (Å²) in [5.41, 5.74) is 1.36. The van der Waals surface area contributed by atoms with Crippen LogP contribution in [-0.4, -0.2) is 48.0 Å². The van der Waals surface area contributed by atoms with Crippen LogP contribution in [0, 0.1) is 0 Å². The smallest absolute Gasteiger partial charge is 0.323 e. The molecule has 1 aliphatic rings. The van der Waals surface area contributed by atoms with Gasteiger partial charge in [0.1, 0.15) is 5.82 Å². The molecule has 0 atom stereocenters. The fraction of sp³-hybridized carbons (Fsp3) is 0.350. The van der Waals surface area contributed by atoms with E-state index in [9.17, 15) is 9.59 Å². The standard InChI is InChI=1S/C20H25N5O2/c1-2-19(26)25-12-6-11-24(13-14-25)18-10-9-17(15-21-18)23-20(27)22-16-7-4-3-5-8-16/h3-5,7-10,15H,2,6,11-14H2,1H3,(H2,22,23,27). The number of anilines is 3. The second-order valence-electron chi connectivity index (χ2n) is 6.43. The molecule has 0 spiro atoms. The quantitative estimate of drug-likeness (QED) is 0.870. The van der Waals surface area contributed by atoms with E-state index in [0.29, 0.717) is 18.7 Å². The number of para-hydroxylation sites is 1. The van der Waals surface area contributed by atoms with Crippen molar-refractivity contribution in [2.45, 2.75) is 19.8 Å². The SMILES string of the molecule is CCC(=O)N1CCCN(c2ccc(NC(=O)Nc3ccccc3)cn2)CC1. The maximum atomic E-state index is 12.0. The predicted molar refractivity (Wildman–Crippen MR) is 107 cm³/mol. The molecule has 0 bridgehead atoms. The number of hydrogen-bond donors (Lipinski definition) is 2. The van der Waals surface area contributed by atoms with Crippen molar-refractivity contribution in [1.29, 1.82) is 0 Å². The molecule has 27 heavy (non-hydrogen) atoms. The topological polar surface area (TPSA) is 77.6 Å². The first-order valence-electron chi connectivity index (χ1n) is 9.27. The number of hydrogen-bond acceptors (Lipinski definition) is 4. The minimum Gasteiger partial charge on any atom is -0.355 e. The number of aromatic nitrogens is 1. The van der Waals surface area contributed by atoms with Gasteiger partial charge in [-0.25, -0.2) is 9.78 Å². The molecule has 2 N–H and O–H groups in total. The number of pyridine rings is 1. The van der Waals surface area contributed by atoms with Crippen LogP contribution in [0.3, 0.4) is 0 Å². The Morgan fingerprint density at radius 3 is 2.44 bits per heavy atom. The molecule has 1 aromatic carbocycles. The summed E-state index contributed by atoms with van der Waals surface area (Å²) in [6.45, 7) is 5.03. The van der Waals surface area contributed by atoms with Gasteiger partial charge in [-0.2, -0.15) is 0 Å². The lowest BCUT2D eigenvalue weighted by atomic mass is 10.3. The van der Waals surface area contributed by atoms with Crippen LogP contribution in [0.25, 0.3) is 0 Å². The monoisotopic (exact) mass is 367 g/mol. The van der Waals surface area contributed by atoms with Gasteiger partial charge >= 0.3 is 6.03 Å². The Balaban J connectivity index is 1.55. The van der Waals surface area contributed by atoms with Crippen LogP contribution in [0.1, 0.15) is 19.8 Å². The highest BCUT2D eigenvalue weighted by Gasteiger charge is 2.18. The Morgan fingerprint density at radius 1 is 0.963 bits per heavy atom. The lowest BCUT2D eigenvalue weighted by molar-refractivity contribution is -0.130. The van der Waals surface area contributed by atoms with Crippen LogP contribution in [0.15, 0.2) is 48.7 Å². The van der Waals surface area contributed by atoms with Crippen LogP contribution in [-0.2, 0) is 4.79 Å². The zero-order valence-electron chi connectivity index (χ0n) is 15.5. The van der Waals surface area contributed by atoms with Crippen molar-refractivity contribution in [3.63, 3.8) is 0 Å². The fourth-order valence-electron chi connectivity index (χ4n) is 3.08. The van der Waals surface area contributed by atoms with Gasteiger partial charge in [0.2, 0.25) is 5.91 Å². The number of carbonyl (C=O) groups is 2. The largest absolute Gasteiger partial charge is 0.355 e. The Kier molecular flexibility index (Phi) is 6.25. The molecule has 7 nitrogen and oxygen atoms in total. The normalized spacial score (nSPS) is 14.4. The predicted octanol–water partition coefficient (Wildman–Crippen LogP) is 3.17. The average Bonchev–Trinajstić information content (AvgIpc) is 2.95. The van der Waals surface area contributed by atoms with E-state index in [1.54, 1.807) is 6.20 Å². The third-order valence-electron chi connectivity index (χ3n) is 4.51. The van der Waals surface area contributed by atoms with E-state index in [4.69, 9.17) is 0 Å². The average molecular weight is 367 g/mol. The summed E-state index contributed by atoms with van der Waals surface area (Å²) in [5, 5.41) is 5.55. The number of nitrogens with one attached hydrogen (secondary N) is 2. The number of urea groups is 1. The highest BCUT2D eigenvalue weighted by Crippen LogP contribution is 2.17. The first-order valence-corrected chi connectivity index (χ1v) is 9.27. The molecule has 142 valence electrons. The Hall–Kier alpha value is -3.09. The number of benzene rings is 1. The van der Waals surface area contributed by atoms with Gasteiger partial charge in [0.05, 0.1) is 11.9 Å². The third kappa shape index (κ3) is 5.20. The second-order valence-corrected chi connectivity index (χ2v) is 6.43. The van der Waals surface area contributed by atoms with Crippen LogP contribution in [0.2, 0.25) is 0 Å². The highest BCUT2D eigenvalue weighted by atomic mass is 16.2. The molecule has 0 radical (unpaired) electrons. The number of rotatable bonds is 4. The number of nitrogens with zero attached hydrogens (tertiary/aromatic N) is 3. The summed E-state index contributed by atoms with van der Waals surface area (Å²) >= 11 is 0. The van der Waals surface area contributed by atoms with Crippen molar-refractivity contribution in [1.82, 2.24) is 9.88 Å². The van der Waals surface area contributed by atoms with Crippen LogP contribution < -0.4 is 15.5 Å². The van der Waals surface area contributed by atoms with Crippen LogP contribution >= 0.6 is 0 Å². The highest BCUT2D eigenvalue weighted by molar-refractivity contribution is 5.99. The Morgan fingerprint density at radius 2 is 1.74 bits per heavy atom. The molecule has 0 aliphatic carbocycles. The Labute approximate surface area is 159 Å². The molecule has 7 heteroatoms. The Bertz CT molecular complexity index is 764. The van der Waals surface area contributed by atoms with E-state index in [0.717, 1.165) is 37.6 Å². The summed E-state index contributed by atoms with van der Waals surface area (Å²) in [4.78, 5) is 32.5. The molecule has 3 rings (SSSR count). The molecule has 1 aliphatic heterocycles. The molecule has 1 aromatic heterocycles. The molecular weight excluding hydrogens is 342 g/mol. The van der Waals surface area contributed by atoms with Crippen molar-refractivity contribution in [2.75, 3.05) is 41.7 Å². The maximum absolute atomic E-state index is 12.0. The van der Waals surface area contributed by atoms with Gasteiger partial charge in [-0.1, -0.05) is 25.1 Å². The minimum absolute atomic E-state index is 0.203. The first kappa shape index (κ1) is 18.7. The van der Waals surface area contributed by atoms with E-state index < -0.39 is 0 Å². The molecule has 3 amide bonds. The molecule has 1 fully saturated rings. The maximum Gasteiger partial charge on any atom is 0.323 e. The molecule has 2 heterocycles. The van der Waals surface area contributed by atoms with Gasteiger partial charge in [-0.05, 0) is 30.7 Å².